The minimum atomic E-state index is -0.575. The van der Waals surface area contributed by atoms with Gasteiger partial charge in [0, 0.05) is 18.3 Å². The zero-order valence-corrected chi connectivity index (χ0v) is 15.0. The number of rotatable bonds is 9. The van der Waals surface area contributed by atoms with Gasteiger partial charge in [-0.25, -0.2) is 4.98 Å². The molecule has 27 heavy (non-hydrogen) atoms. The standard InChI is InChI=1S/C21H23N3O3/c22-21(26)19-14-24(15-23-19)13-17(25)9-6-12-27-20-11-5-4-10-18(20)16-7-2-1-3-8-16/h1-5,7-8,10-11,14-15,17,25H,6,9,12-13H2,(H2,22,26). The van der Waals surface area contributed by atoms with Crippen LogP contribution in [0.1, 0.15) is 23.3 Å². The number of benzene rings is 2. The first-order chi connectivity index (χ1) is 13.1. The summed E-state index contributed by atoms with van der Waals surface area (Å²) in [5.74, 6) is 0.257. The molecule has 3 aromatic rings. The van der Waals surface area contributed by atoms with Crippen LogP contribution in [0.2, 0.25) is 0 Å². The van der Waals surface area contributed by atoms with E-state index in [1.54, 1.807) is 4.57 Å². The molecule has 1 unspecified atom stereocenters. The highest BCUT2D eigenvalue weighted by Crippen LogP contribution is 2.29. The number of para-hydroxylation sites is 1. The SMILES string of the molecule is NC(=O)c1cn(CC(O)CCCOc2ccccc2-c2ccccc2)cn1. The molecule has 6 nitrogen and oxygen atoms in total. The second kappa shape index (κ2) is 9.00. The summed E-state index contributed by atoms with van der Waals surface area (Å²) >= 11 is 0. The highest BCUT2D eigenvalue weighted by Gasteiger charge is 2.10. The first kappa shape index (κ1) is 18.7. The minimum Gasteiger partial charge on any atom is -0.493 e. The lowest BCUT2D eigenvalue weighted by Gasteiger charge is -2.14. The van der Waals surface area contributed by atoms with Crippen molar-refractivity contribution >= 4 is 5.91 Å². The maximum Gasteiger partial charge on any atom is 0.268 e. The van der Waals surface area contributed by atoms with E-state index in [0.717, 1.165) is 16.9 Å². The quantitative estimate of drug-likeness (QED) is 0.571. The van der Waals surface area contributed by atoms with Gasteiger partial charge in [0.25, 0.3) is 5.91 Å². The summed E-state index contributed by atoms with van der Waals surface area (Å²) in [7, 11) is 0. The highest BCUT2D eigenvalue weighted by atomic mass is 16.5. The van der Waals surface area contributed by atoms with Gasteiger partial charge in [0.2, 0.25) is 0 Å². The third kappa shape index (κ3) is 5.18. The molecule has 1 aromatic heterocycles. The number of nitrogens with two attached hydrogens (primary N) is 1. The fourth-order valence-corrected chi connectivity index (χ4v) is 2.87. The van der Waals surface area contributed by atoms with Crippen molar-refractivity contribution in [3.63, 3.8) is 0 Å². The summed E-state index contributed by atoms with van der Waals surface area (Å²) in [6.07, 6.45) is 3.78. The number of carbonyl (C=O) groups is 1. The molecular formula is C21H23N3O3. The molecular weight excluding hydrogens is 342 g/mol. The van der Waals surface area contributed by atoms with Crippen LogP contribution >= 0.6 is 0 Å². The van der Waals surface area contributed by atoms with Gasteiger partial charge in [0.1, 0.15) is 11.4 Å². The van der Waals surface area contributed by atoms with E-state index < -0.39 is 12.0 Å². The number of primary amides is 1. The maximum absolute atomic E-state index is 11.0. The topological polar surface area (TPSA) is 90.4 Å². The number of ether oxygens (including phenoxy) is 1. The maximum atomic E-state index is 11.0. The number of carbonyl (C=O) groups excluding carboxylic acids is 1. The molecule has 0 aliphatic heterocycles. The zero-order valence-electron chi connectivity index (χ0n) is 15.0. The van der Waals surface area contributed by atoms with Gasteiger partial charge in [-0.1, -0.05) is 48.5 Å². The van der Waals surface area contributed by atoms with Gasteiger partial charge >= 0.3 is 0 Å². The predicted molar refractivity (Wildman–Crippen MR) is 103 cm³/mol. The molecule has 1 atom stereocenters. The number of imidazole rings is 1. The van der Waals surface area contributed by atoms with E-state index in [4.69, 9.17) is 10.5 Å². The molecule has 0 aliphatic carbocycles. The fourth-order valence-electron chi connectivity index (χ4n) is 2.87. The molecule has 0 fully saturated rings. The lowest BCUT2D eigenvalue weighted by molar-refractivity contribution is 0.0995. The van der Waals surface area contributed by atoms with Crippen LogP contribution in [0.15, 0.2) is 67.1 Å². The van der Waals surface area contributed by atoms with Crippen molar-refractivity contribution in [2.45, 2.75) is 25.5 Å². The van der Waals surface area contributed by atoms with Crippen molar-refractivity contribution in [2.75, 3.05) is 6.61 Å². The van der Waals surface area contributed by atoms with Crippen LogP contribution in [0.5, 0.6) is 5.75 Å². The molecule has 3 rings (SSSR count). The van der Waals surface area contributed by atoms with Crippen molar-refractivity contribution in [3.05, 3.63) is 72.8 Å². The monoisotopic (exact) mass is 365 g/mol. The van der Waals surface area contributed by atoms with Crippen LogP contribution in [0.3, 0.4) is 0 Å². The second-order valence-electron chi connectivity index (χ2n) is 6.33. The van der Waals surface area contributed by atoms with Crippen molar-refractivity contribution in [3.8, 4) is 16.9 Å². The molecule has 6 heteroatoms. The van der Waals surface area contributed by atoms with Crippen LogP contribution in [0, 0.1) is 0 Å². The van der Waals surface area contributed by atoms with E-state index >= 15 is 0 Å². The third-order valence-electron chi connectivity index (χ3n) is 4.22. The fraction of sp³-hybridized carbons (Fsp3) is 0.238. The molecule has 1 heterocycles. The molecule has 0 saturated heterocycles. The summed E-state index contributed by atoms with van der Waals surface area (Å²) in [5, 5.41) is 10.2. The molecule has 0 saturated carbocycles. The van der Waals surface area contributed by atoms with Crippen LogP contribution in [0.25, 0.3) is 11.1 Å². The van der Waals surface area contributed by atoms with Gasteiger partial charge in [-0.05, 0) is 24.5 Å². The Labute approximate surface area is 158 Å². The Balaban J connectivity index is 1.48. The molecule has 140 valence electrons. The Kier molecular flexibility index (Phi) is 6.22. The van der Waals surface area contributed by atoms with Gasteiger partial charge in [0.15, 0.2) is 0 Å². The molecule has 0 spiro atoms. The first-order valence-corrected chi connectivity index (χ1v) is 8.90. The second-order valence-corrected chi connectivity index (χ2v) is 6.33. The molecule has 1 amide bonds. The van der Waals surface area contributed by atoms with Crippen LogP contribution in [-0.4, -0.2) is 33.3 Å². The Morgan fingerprint density at radius 3 is 2.63 bits per heavy atom. The molecule has 0 bridgehead atoms. The largest absolute Gasteiger partial charge is 0.493 e. The van der Waals surface area contributed by atoms with E-state index in [0.29, 0.717) is 26.0 Å². The van der Waals surface area contributed by atoms with E-state index in [9.17, 15) is 9.90 Å². The summed E-state index contributed by atoms with van der Waals surface area (Å²) in [6.45, 7) is 0.873. The summed E-state index contributed by atoms with van der Waals surface area (Å²) in [5.41, 5.74) is 7.53. The van der Waals surface area contributed by atoms with Crippen molar-refractivity contribution in [2.24, 2.45) is 5.73 Å². The van der Waals surface area contributed by atoms with Crippen LogP contribution in [0.4, 0.5) is 0 Å². The third-order valence-corrected chi connectivity index (χ3v) is 4.22. The molecule has 3 N–H and O–H groups in total. The number of aromatic nitrogens is 2. The lowest BCUT2D eigenvalue weighted by atomic mass is 10.1. The molecule has 2 aromatic carbocycles. The number of nitrogens with zero attached hydrogens (tertiary/aromatic N) is 2. The van der Waals surface area contributed by atoms with Crippen molar-refractivity contribution in [1.29, 1.82) is 0 Å². The molecule has 0 radical (unpaired) electrons. The molecule has 0 aliphatic rings. The average molecular weight is 365 g/mol. The van der Waals surface area contributed by atoms with Gasteiger partial charge in [-0.3, -0.25) is 4.79 Å². The Morgan fingerprint density at radius 1 is 1.15 bits per heavy atom. The van der Waals surface area contributed by atoms with E-state index in [2.05, 4.69) is 17.1 Å². The van der Waals surface area contributed by atoms with Gasteiger partial charge in [-0.15, -0.1) is 0 Å². The first-order valence-electron chi connectivity index (χ1n) is 8.90. The average Bonchev–Trinajstić information content (AvgIpc) is 3.15. The predicted octanol–water partition coefficient (Wildman–Crippen LogP) is 2.87. The smallest absolute Gasteiger partial charge is 0.268 e. The van der Waals surface area contributed by atoms with E-state index in [1.807, 2.05) is 42.5 Å². The van der Waals surface area contributed by atoms with Crippen LogP contribution < -0.4 is 10.5 Å². The van der Waals surface area contributed by atoms with Gasteiger partial charge < -0.3 is 20.1 Å². The van der Waals surface area contributed by atoms with Crippen molar-refractivity contribution in [1.82, 2.24) is 9.55 Å². The normalized spacial score (nSPS) is 11.9. The Hall–Kier alpha value is -3.12. The van der Waals surface area contributed by atoms with Gasteiger partial charge in [0.05, 0.1) is 19.0 Å². The Morgan fingerprint density at radius 2 is 1.89 bits per heavy atom. The highest BCUT2D eigenvalue weighted by molar-refractivity contribution is 5.90. The van der Waals surface area contributed by atoms with Gasteiger partial charge in [-0.2, -0.15) is 0 Å². The van der Waals surface area contributed by atoms with E-state index in [1.165, 1.54) is 12.5 Å². The summed E-state index contributed by atoms with van der Waals surface area (Å²) in [4.78, 5) is 14.9. The minimum absolute atomic E-state index is 0.197. The van der Waals surface area contributed by atoms with E-state index in [-0.39, 0.29) is 5.69 Å². The number of hydrogen-bond acceptors (Lipinski definition) is 4. The Bertz CT molecular complexity index is 877. The zero-order chi connectivity index (χ0) is 19.1. The number of aliphatic hydroxyl groups is 1. The van der Waals surface area contributed by atoms with Crippen LogP contribution in [-0.2, 0) is 6.54 Å². The van der Waals surface area contributed by atoms with Crippen molar-refractivity contribution < 1.29 is 14.6 Å². The number of aliphatic hydroxyl groups excluding tert-OH is 1. The number of hydrogen-bond donors (Lipinski definition) is 2. The summed E-state index contributed by atoms with van der Waals surface area (Å²) < 4.78 is 7.60. The summed E-state index contributed by atoms with van der Waals surface area (Å²) in [6, 6.07) is 18.0. The lowest BCUT2D eigenvalue weighted by Crippen LogP contribution is -2.16. The number of amides is 1.